The minimum absolute atomic E-state index is 0.932. The van der Waals surface area contributed by atoms with Gasteiger partial charge in [0.1, 0.15) is 11.3 Å². The van der Waals surface area contributed by atoms with Gasteiger partial charge in [0.2, 0.25) is 0 Å². The van der Waals surface area contributed by atoms with E-state index in [4.69, 9.17) is 9.97 Å². The molecule has 4 nitrogen and oxygen atoms in total. The van der Waals surface area contributed by atoms with Crippen molar-refractivity contribution in [3.05, 3.63) is 121 Å². The average Bonchev–Trinajstić information content (AvgIpc) is 3.69. The smallest absolute Gasteiger partial charge is 0.147 e. The van der Waals surface area contributed by atoms with E-state index in [1.807, 2.05) is 29.7 Å². The van der Waals surface area contributed by atoms with Crippen molar-refractivity contribution in [2.24, 2.45) is 0 Å². The van der Waals surface area contributed by atoms with Gasteiger partial charge in [0.25, 0.3) is 0 Å². The SMILES string of the molecule is c1ccc(-n2c3cc4c(cc3c3cc5c6cccnc6n6c7ccccc7nc6c5cc32)sc2ccccc24)cc1. The molecule has 0 unspecified atom stereocenters. The van der Waals surface area contributed by atoms with Crippen molar-refractivity contribution in [1.82, 2.24) is 18.9 Å². The number of rotatable bonds is 1. The second kappa shape index (κ2) is 7.68. The van der Waals surface area contributed by atoms with Crippen molar-refractivity contribution in [1.29, 1.82) is 0 Å². The third kappa shape index (κ3) is 2.78. The monoisotopic (exact) mass is 540 g/mol. The molecule has 0 fully saturated rings. The third-order valence-electron chi connectivity index (χ3n) is 8.51. The van der Waals surface area contributed by atoms with Crippen LogP contribution in [0.5, 0.6) is 0 Å². The van der Waals surface area contributed by atoms with Gasteiger partial charge in [0.15, 0.2) is 0 Å². The van der Waals surface area contributed by atoms with E-state index in [1.165, 1.54) is 47.4 Å². The predicted octanol–water partition coefficient (Wildman–Crippen LogP) is 9.65. The molecule has 0 radical (unpaired) electrons. The maximum absolute atomic E-state index is 5.14. The van der Waals surface area contributed by atoms with Crippen molar-refractivity contribution >= 4 is 91.8 Å². The number of fused-ring (bicyclic) bond motifs is 14. The third-order valence-corrected chi connectivity index (χ3v) is 9.64. The lowest BCUT2D eigenvalue weighted by molar-refractivity contribution is 1.18. The van der Waals surface area contributed by atoms with Crippen molar-refractivity contribution < 1.29 is 0 Å². The molecule has 0 aliphatic heterocycles. The lowest BCUT2D eigenvalue weighted by atomic mass is 10.0. The number of thiophene rings is 1. The zero-order valence-electron chi connectivity index (χ0n) is 21.7. The molecule has 5 heteroatoms. The molecule has 10 rings (SSSR count). The Morgan fingerprint density at radius 1 is 0.488 bits per heavy atom. The lowest BCUT2D eigenvalue weighted by Gasteiger charge is -2.11. The minimum Gasteiger partial charge on any atom is -0.309 e. The van der Waals surface area contributed by atoms with Crippen LogP contribution in [0.4, 0.5) is 0 Å². The second-order valence-corrected chi connectivity index (χ2v) is 11.8. The fourth-order valence-electron chi connectivity index (χ4n) is 6.75. The van der Waals surface area contributed by atoms with Gasteiger partial charge in [-0.2, -0.15) is 0 Å². The quantitative estimate of drug-likeness (QED) is 0.194. The molecular formula is C36H20N4S. The summed E-state index contributed by atoms with van der Waals surface area (Å²) in [5.41, 5.74) is 7.46. The first kappa shape index (κ1) is 21.5. The molecule has 0 saturated carbocycles. The van der Waals surface area contributed by atoms with Crippen molar-refractivity contribution in [2.75, 3.05) is 0 Å². The van der Waals surface area contributed by atoms with Crippen LogP contribution in [0.15, 0.2) is 121 Å². The van der Waals surface area contributed by atoms with E-state index in [-0.39, 0.29) is 0 Å². The summed E-state index contributed by atoms with van der Waals surface area (Å²) < 4.78 is 7.27. The van der Waals surface area contributed by atoms with E-state index < -0.39 is 0 Å². The zero-order valence-corrected chi connectivity index (χ0v) is 22.6. The van der Waals surface area contributed by atoms with Crippen LogP contribution >= 0.6 is 11.3 Å². The highest BCUT2D eigenvalue weighted by Crippen LogP contribution is 2.43. The molecule has 0 spiro atoms. The highest BCUT2D eigenvalue weighted by atomic mass is 32.1. The van der Waals surface area contributed by atoms with E-state index in [2.05, 4.69) is 112 Å². The summed E-state index contributed by atoms with van der Waals surface area (Å²) in [6.45, 7) is 0. The first-order chi connectivity index (χ1) is 20.3. The molecule has 0 amide bonds. The van der Waals surface area contributed by atoms with E-state index >= 15 is 0 Å². The van der Waals surface area contributed by atoms with E-state index in [0.29, 0.717) is 0 Å². The van der Waals surface area contributed by atoms with Crippen LogP contribution in [0.3, 0.4) is 0 Å². The molecule has 5 aromatic heterocycles. The van der Waals surface area contributed by atoms with Crippen LogP contribution in [0.1, 0.15) is 0 Å². The number of aromatic nitrogens is 4. The largest absolute Gasteiger partial charge is 0.309 e. The lowest BCUT2D eigenvalue weighted by Crippen LogP contribution is -1.96. The summed E-state index contributed by atoms with van der Waals surface area (Å²) in [5, 5.41) is 8.54. The normalized spacial score (nSPS) is 12.4. The molecule has 0 aliphatic rings. The molecule has 0 saturated heterocycles. The Bertz CT molecular complexity index is 2690. The maximum atomic E-state index is 5.14. The summed E-state index contributed by atoms with van der Waals surface area (Å²) in [7, 11) is 0. The molecule has 5 aromatic carbocycles. The Morgan fingerprint density at radius 2 is 1.24 bits per heavy atom. The molecule has 5 heterocycles. The topological polar surface area (TPSA) is 35.1 Å². The van der Waals surface area contributed by atoms with Crippen molar-refractivity contribution in [3.63, 3.8) is 0 Å². The van der Waals surface area contributed by atoms with Crippen LogP contribution in [0.25, 0.3) is 86.2 Å². The van der Waals surface area contributed by atoms with Gasteiger partial charge >= 0.3 is 0 Å². The molecule has 0 N–H and O–H groups in total. The van der Waals surface area contributed by atoms with Crippen molar-refractivity contribution in [3.8, 4) is 5.69 Å². The molecule has 0 aliphatic carbocycles. The van der Waals surface area contributed by atoms with E-state index in [9.17, 15) is 0 Å². The summed E-state index contributed by atoms with van der Waals surface area (Å²) in [5.74, 6) is 0. The fraction of sp³-hybridized carbons (Fsp3) is 0. The Hall–Kier alpha value is -5.26. The molecule has 41 heavy (non-hydrogen) atoms. The Balaban J connectivity index is 1.47. The van der Waals surface area contributed by atoms with E-state index in [0.717, 1.165) is 38.8 Å². The standard InChI is InChI=1S/C36H20N4S/c1-2-9-21(10-3-1)39-31-18-27-22-11-4-7-15-33(22)41-34(27)20-26(31)25-17-24-23-12-8-16-37-35(23)40-30-14-6-5-13-29(30)38-36(40)28(24)19-32(25)39/h1-20H. The number of pyridine rings is 2. The highest BCUT2D eigenvalue weighted by Gasteiger charge is 2.20. The Labute approximate surface area is 237 Å². The van der Waals surface area contributed by atoms with Crippen LogP contribution in [-0.4, -0.2) is 18.9 Å². The average molecular weight is 541 g/mol. The molecule has 10 aromatic rings. The first-order valence-electron chi connectivity index (χ1n) is 13.8. The number of hydrogen-bond acceptors (Lipinski definition) is 3. The number of imidazole rings is 1. The van der Waals surface area contributed by atoms with Crippen molar-refractivity contribution in [2.45, 2.75) is 0 Å². The zero-order chi connectivity index (χ0) is 26.7. The van der Waals surface area contributed by atoms with Gasteiger partial charge in [0, 0.05) is 53.6 Å². The fourth-order valence-corrected chi connectivity index (χ4v) is 7.88. The van der Waals surface area contributed by atoms with E-state index in [1.54, 1.807) is 0 Å². The van der Waals surface area contributed by atoms with Crippen LogP contribution in [0.2, 0.25) is 0 Å². The number of benzene rings is 5. The van der Waals surface area contributed by atoms with Gasteiger partial charge < -0.3 is 4.57 Å². The summed E-state index contributed by atoms with van der Waals surface area (Å²) in [4.78, 5) is 10.0. The minimum atomic E-state index is 0.932. The van der Waals surface area contributed by atoms with Crippen LogP contribution < -0.4 is 0 Å². The van der Waals surface area contributed by atoms with Gasteiger partial charge in [-0.3, -0.25) is 4.40 Å². The summed E-state index contributed by atoms with van der Waals surface area (Å²) in [6, 6.07) is 41.5. The number of para-hydroxylation sites is 3. The molecular weight excluding hydrogens is 520 g/mol. The Kier molecular flexibility index (Phi) is 4.04. The Morgan fingerprint density at radius 3 is 2.17 bits per heavy atom. The molecule has 0 bridgehead atoms. The van der Waals surface area contributed by atoms with Gasteiger partial charge in [-0.25, -0.2) is 9.97 Å². The predicted molar refractivity (Wildman–Crippen MR) is 173 cm³/mol. The van der Waals surface area contributed by atoms with Gasteiger partial charge in [-0.05, 0) is 72.1 Å². The first-order valence-corrected chi connectivity index (χ1v) is 14.6. The van der Waals surface area contributed by atoms with Crippen LogP contribution in [0, 0.1) is 0 Å². The summed E-state index contributed by atoms with van der Waals surface area (Å²) >= 11 is 1.87. The number of nitrogens with zero attached hydrogens (tertiary/aromatic N) is 4. The highest BCUT2D eigenvalue weighted by molar-refractivity contribution is 7.25. The van der Waals surface area contributed by atoms with Gasteiger partial charge in [-0.1, -0.05) is 48.5 Å². The molecule has 0 atom stereocenters. The van der Waals surface area contributed by atoms with Gasteiger partial charge in [-0.15, -0.1) is 11.3 Å². The summed E-state index contributed by atoms with van der Waals surface area (Å²) in [6.07, 6.45) is 1.88. The van der Waals surface area contributed by atoms with Gasteiger partial charge in [0.05, 0.1) is 22.1 Å². The number of hydrogen-bond donors (Lipinski definition) is 0. The van der Waals surface area contributed by atoms with Crippen LogP contribution in [-0.2, 0) is 0 Å². The maximum Gasteiger partial charge on any atom is 0.147 e. The second-order valence-electron chi connectivity index (χ2n) is 10.7. The molecule has 190 valence electrons.